The lowest BCUT2D eigenvalue weighted by Gasteiger charge is -2.43. The molecule has 3 aliphatic rings. The van der Waals surface area contributed by atoms with Gasteiger partial charge in [0.2, 0.25) is 0 Å². The quantitative estimate of drug-likeness (QED) is 0.456. The zero-order chi connectivity index (χ0) is 21.1. The molecule has 156 valence electrons. The van der Waals surface area contributed by atoms with E-state index in [1.165, 1.54) is 22.4 Å². The van der Waals surface area contributed by atoms with E-state index < -0.39 is 0 Å². The Morgan fingerprint density at radius 3 is 2.90 bits per heavy atom. The Hall–Kier alpha value is -2.57. The van der Waals surface area contributed by atoms with Crippen LogP contribution in [0.2, 0.25) is 0 Å². The van der Waals surface area contributed by atoms with Gasteiger partial charge in [-0.1, -0.05) is 40.2 Å². The highest BCUT2D eigenvalue weighted by Crippen LogP contribution is 2.47. The monoisotopic (exact) mass is 492 g/mol. The van der Waals surface area contributed by atoms with Gasteiger partial charge in [-0.15, -0.1) is 11.3 Å². The summed E-state index contributed by atoms with van der Waals surface area (Å²) < 4.78 is 0.902. The van der Waals surface area contributed by atoms with E-state index in [0.717, 1.165) is 57.5 Å². The van der Waals surface area contributed by atoms with Crippen molar-refractivity contribution in [3.05, 3.63) is 79.6 Å². The lowest BCUT2D eigenvalue weighted by molar-refractivity contribution is 0.0936. The van der Waals surface area contributed by atoms with Crippen molar-refractivity contribution < 1.29 is 9.90 Å². The molecular formula is C25H21BrN2O2S. The highest BCUT2D eigenvalue weighted by molar-refractivity contribution is 9.10. The van der Waals surface area contributed by atoms with Crippen molar-refractivity contribution in [2.75, 3.05) is 4.90 Å². The number of hydrogen-bond acceptors (Lipinski definition) is 4. The number of fused-ring (bicyclic) bond motifs is 6. The van der Waals surface area contributed by atoms with Crippen LogP contribution in [-0.4, -0.2) is 17.2 Å². The van der Waals surface area contributed by atoms with Gasteiger partial charge in [-0.3, -0.25) is 4.79 Å². The molecular weight excluding hydrogens is 472 g/mol. The molecule has 0 spiro atoms. The molecule has 0 unspecified atom stereocenters. The first-order valence-corrected chi connectivity index (χ1v) is 12.2. The number of anilines is 1. The van der Waals surface area contributed by atoms with Crippen LogP contribution in [0.25, 0.3) is 11.6 Å². The van der Waals surface area contributed by atoms with Crippen LogP contribution in [0, 0.1) is 0 Å². The Balaban J connectivity index is 1.55. The summed E-state index contributed by atoms with van der Waals surface area (Å²) in [5.74, 6) is 0.249. The van der Waals surface area contributed by atoms with E-state index in [2.05, 4.69) is 44.3 Å². The molecule has 6 rings (SSSR count). The molecule has 4 nitrogen and oxygen atoms in total. The third-order valence-corrected chi connectivity index (χ3v) is 8.31. The second-order valence-corrected chi connectivity index (χ2v) is 10.4. The third kappa shape index (κ3) is 3.04. The lowest BCUT2D eigenvalue weighted by Crippen LogP contribution is -2.54. The first kappa shape index (κ1) is 19.1. The number of aryl methyl sites for hydroxylation is 1. The van der Waals surface area contributed by atoms with E-state index in [9.17, 15) is 9.90 Å². The van der Waals surface area contributed by atoms with Crippen LogP contribution in [0.15, 0.2) is 46.9 Å². The molecule has 0 radical (unpaired) electrons. The number of hydrogen-bond donors (Lipinski definition) is 2. The second kappa shape index (κ2) is 7.24. The molecule has 0 saturated carbocycles. The fraction of sp³-hybridized carbons (Fsp3) is 0.240. The number of amides is 1. The van der Waals surface area contributed by atoms with E-state index in [0.29, 0.717) is 0 Å². The van der Waals surface area contributed by atoms with Gasteiger partial charge in [0.1, 0.15) is 16.9 Å². The van der Waals surface area contributed by atoms with Crippen molar-refractivity contribution >= 4 is 49.8 Å². The molecule has 1 amide bonds. The van der Waals surface area contributed by atoms with Crippen LogP contribution in [0.1, 0.15) is 50.3 Å². The van der Waals surface area contributed by atoms with Crippen molar-refractivity contribution in [1.82, 2.24) is 5.32 Å². The summed E-state index contributed by atoms with van der Waals surface area (Å²) in [4.78, 5) is 17.0. The predicted molar refractivity (Wildman–Crippen MR) is 129 cm³/mol. The number of aromatic hydroxyl groups is 1. The molecule has 3 aromatic rings. The second-order valence-electron chi connectivity index (χ2n) is 8.35. The molecule has 3 heterocycles. The van der Waals surface area contributed by atoms with Gasteiger partial charge in [0.05, 0.1) is 5.56 Å². The molecule has 1 aliphatic carbocycles. The predicted octanol–water partition coefficient (Wildman–Crippen LogP) is 5.73. The zero-order valence-corrected chi connectivity index (χ0v) is 19.2. The van der Waals surface area contributed by atoms with E-state index in [4.69, 9.17) is 0 Å². The largest absolute Gasteiger partial charge is 0.507 e. The lowest BCUT2D eigenvalue weighted by atomic mass is 9.88. The maximum Gasteiger partial charge on any atom is 0.256 e. The van der Waals surface area contributed by atoms with E-state index in [1.807, 2.05) is 24.3 Å². The summed E-state index contributed by atoms with van der Waals surface area (Å²) in [7, 11) is 0. The van der Waals surface area contributed by atoms with Crippen molar-refractivity contribution in [2.45, 2.75) is 38.4 Å². The Bertz CT molecular complexity index is 1260. The normalized spacial score (nSPS) is 20.5. The summed E-state index contributed by atoms with van der Waals surface area (Å²) in [5.41, 5.74) is 6.23. The number of phenolic OH excluding ortho intramolecular Hbond substituents is 1. The van der Waals surface area contributed by atoms with Crippen LogP contribution >= 0.6 is 27.3 Å². The average Bonchev–Trinajstić information content (AvgIpc) is 3.17. The number of carbonyl (C=O) groups is 1. The van der Waals surface area contributed by atoms with Gasteiger partial charge in [-0.05, 0) is 66.6 Å². The number of carbonyl (C=O) groups excluding carboxylic acids is 1. The van der Waals surface area contributed by atoms with E-state index in [1.54, 1.807) is 17.4 Å². The van der Waals surface area contributed by atoms with Gasteiger partial charge < -0.3 is 15.3 Å². The molecule has 1 atom stereocenters. The van der Waals surface area contributed by atoms with Crippen LogP contribution < -0.4 is 10.2 Å². The highest BCUT2D eigenvalue weighted by Gasteiger charge is 2.41. The Morgan fingerprint density at radius 2 is 2.00 bits per heavy atom. The molecule has 31 heavy (non-hydrogen) atoms. The topological polar surface area (TPSA) is 52.6 Å². The number of phenols is 1. The summed E-state index contributed by atoms with van der Waals surface area (Å²) in [6.45, 7) is 0.759. The average molecular weight is 493 g/mol. The molecule has 2 aromatic carbocycles. The number of rotatable bonds is 1. The summed E-state index contributed by atoms with van der Waals surface area (Å²) >= 11 is 5.30. The maximum atomic E-state index is 13.3. The summed E-state index contributed by atoms with van der Waals surface area (Å²) in [6, 6.07) is 13.8. The summed E-state index contributed by atoms with van der Waals surface area (Å²) in [5, 5.41) is 14.9. The number of halogens is 1. The number of nitrogens with one attached hydrogen (secondary N) is 1. The van der Waals surface area contributed by atoms with E-state index in [-0.39, 0.29) is 17.8 Å². The maximum absolute atomic E-state index is 13.3. The van der Waals surface area contributed by atoms with Crippen molar-refractivity contribution in [3.8, 4) is 5.75 Å². The minimum atomic E-state index is -0.256. The van der Waals surface area contributed by atoms with E-state index >= 15 is 0 Å². The highest BCUT2D eigenvalue weighted by atomic mass is 79.9. The minimum absolute atomic E-state index is 0.0272. The van der Waals surface area contributed by atoms with Gasteiger partial charge in [-0.2, -0.15) is 0 Å². The SMILES string of the molecule is O=C1N[C@H]2/C(=C\c3cc(Br)ccc3O)c3ccccc3CN2c2sc3c(c21)CCCC3. The molecule has 0 fully saturated rings. The van der Waals surface area contributed by atoms with Crippen LogP contribution in [0.5, 0.6) is 5.75 Å². The fourth-order valence-corrected chi connectivity index (χ4v) is 6.82. The molecule has 2 aliphatic heterocycles. The van der Waals surface area contributed by atoms with Crippen molar-refractivity contribution in [1.29, 1.82) is 0 Å². The van der Waals surface area contributed by atoms with Crippen molar-refractivity contribution in [3.63, 3.8) is 0 Å². The number of benzene rings is 2. The van der Waals surface area contributed by atoms with Crippen LogP contribution in [-0.2, 0) is 19.4 Å². The van der Waals surface area contributed by atoms with Gasteiger partial charge in [0, 0.05) is 27.0 Å². The minimum Gasteiger partial charge on any atom is -0.507 e. The molecule has 6 heteroatoms. The smallest absolute Gasteiger partial charge is 0.256 e. The molecule has 0 bridgehead atoms. The van der Waals surface area contributed by atoms with Crippen LogP contribution in [0.4, 0.5) is 5.00 Å². The fourth-order valence-electron chi connectivity index (χ4n) is 5.02. The van der Waals surface area contributed by atoms with Gasteiger partial charge in [0.25, 0.3) is 5.91 Å². The number of thiophene rings is 1. The number of nitrogens with zero attached hydrogens (tertiary/aromatic N) is 1. The first-order chi connectivity index (χ1) is 15.1. The van der Waals surface area contributed by atoms with Crippen LogP contribution in [0.3, 0.4) is 0 Å². The Morgan fingerprint density at radius 1 is 1.16 bits per heavy atom. The van der Waals surface area contributed by atoms with Gasteiger partial charge in [0.15, 0.2) is 0 Å². The van der Waals surface area contributed by atoms with Gasteiger partial charge >= 0.3 is 0 Å². The zero-order valence-electron chi connectivity index (χ0n) is 16.8. The Labute approximate surface area is 193 Å². The van der Waals surface area contributed by atoms with Gasteiger partial charge in [-0.25, -0.2) is 0 Å². The van der Waals surface area contributed by atoms with Crippen molar-refractivity contribution in [2.24, 2.45) is 0 Å². The standard InChI is InChI=1S/C25H21BrN2O2S/c26-16-9-10-20(29)15(11-16)12-19-17-6-2-1-5-14(17)13-28-23(19)27-24(30)22-18-7-3-4-8-21(18)31-25(22)28/h1-2,5-6,9-12,23,29H,3-4,7-8,13H2,(H,27,30)/b19-12-/t23-/m1/s1. The Kier molecular flexibility index (Phi) is 4.47. The first-order valence-electron chi connectivity index (χ1n) is 10.6. The molecule has 0 saturated heterocycles. The summed E-state index contributed by atoms with van der Waals surface area (Å²) in [6.07, 6.45) is 6.18. The molecule has 2 N–H and O–H groups in total. The third-order valence-electron chi connectivity index (χ3n) is 6.48. The molecule has 1 aromatic heterocycles.